The highest BCUT2D eigenvalue weighted by Gasteiger charge is 2.34. The fourth-order valence-corrected chi connectivity index (χ4v) is 2.60. The largest absolute Gasteiger partial charge is 0.363 e. The number of carbonyl (C=O) groups excluding carboxylic acids is 1. The van der Waals surface area contributed by atoms with Crippen LogP contribution in [0, 0.1) is 0 Å². The van der Waals surface area contributed by atoms with Crippen LogP contribution in [0.3, 0.4) is 0 Å². The van der Waals surface area contributed by atoms with Gasteiger partial charge in [0.2, 0.25) is 5.91 Å². The number of nitrogens with one attached hydrogen (secondary N) is 1. The molecule has 1 atom stereocenters. The number of amides is 1. The average Bonchev–Trinajstić information content (AvgIpc) is 2.33. The minimum Gasteiger partial charge on any atom is -0.363 e. The zero-order chi connectivity index (χ0) is 13.2. The molecule has 2 rings (SSSR count). The summed E-state index contributed by atoms with van der Waals surface area (Å²) in [5.41, 5.74) is -0.132. The highest BCUT2D eigenvalue weighted by atomic mass is 16.5. The van der Waals surface area contributed by atoms with Crippen molar-refractivity contribution in [2.24, 2.45) is 0 Å². The van der Waals surface area contributed by atoms with E-state index in [1.54, 1.807) is 0 Å². The number of hydrogen-bond donors (Lipinski definition) is 1. The lowest BCUT2D eigenvalue weighted by molar-refractivity contribution is -0.148. The maximum Gasteiger partial charge on any atom is 0.248 e. The Labute approximate surface area is 109 Å². The minimum absolute atomic E-state index is 0.130. The minimum atomic E-state index is -0.132. The Kier molecular flexibility index (Phi) is 4.25. The van der Waals surface area contributed by atoms with Gasteiger partial charge in [-0.1, -0.05) is 6.92 Å². The normalized spacial score (nSPS) is 27.9. The Bertz CT molecular complexity index is 305. The molecule has 1 N–H and O–H groups in total. The Morgan fingerprint density at radius 1 is 1.44 bits per heavy atom. The van der Waals surface area contributed by atoms with E-state index in [4.69, 9.17) is 4.74 Å². The van der Waals surface area contributed by atoms with E-state index >= 15 is 0 Å². The van der Waals surface area contributed by atoms with E-state index in [-0.39, 0.29) is 18.1 Å². The van der Waals surface area contributed by atoms with E-state index in [0.29, 0.717) is 6.04 Å². The average molecular weight is 255 g/mol. The van der Waals surface area contributed by atoms with Gasteiger partial charge in [0.25, 0.3) is 0 Å². The third kappa shape index (κ3) is 3.02. The summed E-state index contributed by atoms with van der Waals surface area (Å²) in [7, 11) is 0. The monoisotopic (exact) mass is 255 g/mol. The second kappa shape index (κ2) is 5.55. The van der Waals surface area contributed by atoms with Crippen molar-refractivity contribution in [3.63, 3.8) is 0 Å². The fourth-order valence-electron chi connectivity index (χ4n) is 2.60. The van der Waals surface area contributed by atoms with Crippen molar-refractivity contribution in [2.75, 3.05) is 45.9 Å². The molecule has 0 aromatic rings. The Hall–Kier alpha value is -0.650. The molecule has 0 bridgehead atoms. The van der Waals surface area contributed by atoms with Crippen LogP contribution in [0.2, 0.25) is 0 Å². The van der Waals surface area contributed by atoms with E-state index in [9.17, 15) is 4.79 Å². The number of carbonyl (C=O) groups is 1. The quantitative estimate of drug-likeness (QED) is 0.763. The molecular formula is C13H25N3O2. The predicted molar refractivity (Wildman–Crippen MR) is 70.5 cm³/mol. The second-order valence-corrected chi connectivity index (χ2v) is 5.66. The third-order valence-corrected chi connectivity index (χ3v) is 4.07. The number of rotatable bonds is 4. The Morgan fingerprint density at radius 2 is 2.17 bits per heavy atom. The standard InChI is InChI=1S/C13H25N3O2/c1-4-15-5-6-16(7-11(15)2)12(17)8-18-13(3)9-14-10-13/h11,14H,4-10H2,1-3H3. The van der Waals surface area contributed by atoms with Crippen LogP contribution in [0.1, 0.15) is 20.8 Å². The first-order chi connectivity index (χ1) is 8.54. The molecule has 18 heavy (non-hydrogen) atoms. The van der Waals surface area contributed by atoms with E-state index in [2.05, 4.69) is 31.0 Å². The molecule has 0 spiro atoms. The molecule has 2 fully saturated rings. The van der Waals surface area contributed by atoms with Crippen LogP contribution in [0.15, 0.2) is 0 Å². The summed E-state index contributed by atoms with van der Waals surface area (Å²) >= 11 is 0. The molecule has 2 saturated heterocycles. The van der Waals surface area contributed by atoms with E-state index in [1.165, 1.54) is 0 Å². The van der Waals surface area contributed by atoms with Crippen LogP contribution in [0.4, 0.5) is 0 Å². The first-order valence-corrected chi connectivity index (χ1v) is 6.90. The molecular weight excluding hydrogens is 230 g/mol. The number of ether oxygens (including phenoxy) is 1. The molecule has 0 aliphatic carbocycles. The lowest BCUT2D eigenvalue weighted by Gasteiger charge is -2.41. The number of hydrogen-bond acceptors (Lipinski definition) is 4. The lowest BCUT2D eigenvalue weighted by atomic mass is 10.0. The van der Waals surface area contributed by atoms with Crippen molar-refractivity contribution in [1.29, 1.82) is 0 Å². The molecule has 2 aliphatic heterocycles. The van der Waals surface area contributed by atoms with E-state index in [0.717, 1.165) is 39.3 Å². The fraction of sp³-hybridized carbons (Fsp3) is 0.923. The molecule has 0 radical (unpaired) electrons. The summed E-state index contributed by atoms with van der Waals surface area (Å²) < 4.78 is 5.70. The summed E-state index contributed by atoms with van der Waals surface area (Å²) in [6.07, 6.45) is 0. The van der Waals surface area contributed by atoms with Crippen LogP contribution in [-0.4, -0.2) is 73.2 Å². The highest BCUT2D eigenvalue weighted by molar-refractivity contribution is 5.77. The number of piperazine rings is 1. The van der Waals surface area contributed by atoms with Crippen molar-refractivity contribution in [1.82, 2.24) is 15.1 Å². The zero-order valence-electron chi connectivity index (χ0n) is 11.7. The number of nitrogens with zero attached hydrogens (tertiary/aromatic N) is 2. The summed E-state index contributed by atoms with van der Waals surface area (Å²) in [5.74, 6) is 0.130. The predicted octanol–water partition coefficient (Wildman–Crippen LogP) is -0.0825. The van der Waals surface area contributed by atoms with Gasteiger partial charge in [-0.25, -0.2) is 0 Å². The molecule has 5 heteroatoms. The van der Waals surface area contributed by atoms with Gasteiger partial charge in [-0.05, 0) is 20.4 Å². The van der Waals surface area contributed by atoms with Crippen LogP contribution >= 0.6 is 0 Å². The molecule has 104 valence electrons. The molecule has 0 aromatic heterocycles. The second-order valence-electron chi connectivity index (χ2n) is 5.66. The van der Waals surface area contributed by atoms with Crippen molar-refractivity contribution in [3.8, 4) is 0 Å². The van der Waals surface area contributed by atoms with Gasteiger partial charge in [0.1, 0.15) is 6.61 Å². The van der Waals surface area contributed by atoms with Crippen LogP contribution in [0.25, 0.3) is 0 Å². The number of likely N-dealkylation sites (N-methyl/N-ethyl adjacent to an activating group) is 1. The smallest absolute Gasteiger partial charge is 0.248 e. The van der Waals surface area contributed by atoms with Gasteiger partial charge >= 0.3 is 0 Å². The van der Waals surface area contributed by atoms with Crippen LogP contribution in [0.5, 0.6) is 0 Å². The summed E-state index contributed by atoms with van der Waals surface area (Å²) in [4.78, 5) is 16.4. The van der Waals surface area contributed by atoms with Gasteiger partial charge in [0.15, 0.2) is 0 Å². The van der Waals surface area contributed by atoms with Gasteiger partial charge in [0, 0.05) is 38.8 Å². The van der Waals surface area contributed by atoms with Gasteiger partial charge in [0.05, 0.1) is 5.60 Å². The SMILES string of the molecule is CCN1CCN(C(=O)COC2(C)CNC2)CC1C. The van der Waals surface area contributed by atoms with Crippen LogP contribution in [-0.2, 0) is 9.53 Å². The van der Waals surface area contributed by atoms with Crippen molar-refractivity contribution in [3.05, 3.63) is 0 Å². The van der Waals surface area contributed by atoms with E-state index < -0.39 is 0 Å². The molecule has 2 aliphatic rings. The van der Waals surface area contributed by atoms with Gasteiger partial charge in [-0.15, -0.1) is 0 Å². The van der Waals surface area contributed by atoms with E-state index in [1.807, 2.05) is 4.90 Å². The first-order valence-electron chi connectivity index (χ1n) is 6.90. The zero-order valence-corrected chi connectivity index (χ0v) is 11.7. The molecule has 2 heterocycles. The third-order valence-electron chi connectivity index (χ3n) is 4.07. The summed E-state index contributed by atoms with van der Waals surface area (Å²) in [6, 6.07) is 0.452. The maximum absolute atomic E-state index is 12.1. The first kappa shape index (κ1) is 13.8. The lowest BCUT2D eigenvalue weighted by Crippen LogP contribution is -2.60. The maximum atomic E-state index is 12.1. The molecule has 0 saturated carbocycles. The Morgan fingerprint density at radius 3 is 2.67 bits per heavy atom. The molecule has 0 aromatic carbocycles. The van der Waals surface area contributed by atoms with Crippen molar-refractivity contribution in [2.45, 2.75) is 32.4 Å². The topological polar surface area (TPSA) is 44.8 Å². The van der Waals surface area contributed by atoms with Crippen molar-refractivity contribution < 1.29 is 9.53 Å². The van der Waals surface area contributed by atoms with Crippen molar-refractivity contribution >= 4 is 5.91 Å². The Balaban J connectivity index is 1.76. The van der Waals surface area contributed by atoms with Crippen LogP contribution < -0.4 is 5.32 Å². The van der Waals surface area contributed by atoms with Gasteiger partial charge < -0.3 is 15.0 Å². The molecule has 1 amide bonds. The van der Waals surface area contributed by atoms with Gasteiger partial charge in [-0.2, -0.15) is 0 Å². The molecule has 1 unspecified atom stereocenters. The van der Waals surface area contributed by atoms with Gasteiger partial charge in [-0.3, -0.25) is 9.69 Å². The summed E-state index contributed by atoms with van der Waals surface area (Å²) in [5, 5.41) is 3.17. The molecule has 5 nitrogen and oxygen atoms in total. The summed E-state index contributed by atoms with van der Waals surface area (Å²) in [6.45, 7) is 12.0. The highest BCUT2D eigenvalue weighted by Crippen LogP contribution is 2.16.